The van der Waals surface area contributed by atoms with Crippen LogP contribution in [-0.2, 0) is 11.3 Å². The molecule has 0 N–H and O–H groups in total. The van der Waals surface area contributed by atoms with Crippen LogP contribution in [0.15, 0.2) is 66.7 Å². The van der Waals surface area contributed by atoms with E-state index in [0.717, 1.165) is 16.6 Å². The van der Waals surface area contributed by atoms with Crippen molar-refractivity contribution < 1.29 is 9.47 Å². The van der Waals surface area contributed by atoms with Gasteiger partial charge in [0, 0.05) is 12.3 Å². The van der Waals surface area contributed by atoms with Crippen molar-refractivity contribution in [3.8, 4) is 11.8 Å². The van der Waals surface area contributed by atoms with E-state index in [-0.39, 0.29) is 13.0 Å². The lowest BCUT2D eigenvalue weighted by atomic mass is 10.2. The van der Waals surface area contributed by atoms with E-state index in [4.69, 9.17) is 14.7 Å². The molecule has 1 unspecified atom stereocenters. The molecule has 4 nitrogen and oxygen atoms in total. The van der Waals surface area contributed by atoms with E-state index in [1.807, 2.05) is 66.7 Å². The molecule has 3 aromatic rings. The van der Waals surface area contributed by atoms with Gasteiger partial charge in [0.15, 0.2) is 0 Å². The van der Waals surface area contributed by atoms with Crippen LogP contribution in [-0.4, -0.2) is 10.8 Å². The Morgan fingerprint density at radius 1 is 1.00 bits per heavy atom. The van der Waals surface area contributed by atoms with Gasteiger partial charge in [-0.1, -0.05) is 42.5 Å². The summed E-state index contributed by atoms with van der Waals surface area (Å²) in [5, 5.41) is 10.2. The van der Waals surface area contributed by atoms with Crippen LogP contribution >= 0.6 is 0 Å². The highest BCUT2D eigenvalue weighted by Crippen LogP contribution is 2.23. The highest BCUT2D eigenvalue weighted by Gasteiger charge is 2.27. The van der Waals surface area contributed by atoms with Crippen molar-refractivity contribution in [1.29, 1.82) is 5.26 Å². The first-order valence-corrected chi connectivity index (χ1v) is 7.78. The number of hydrogen-bond acceptors (Lipinski definition) is 4. The van der Waals surface area contributed by atoms with E-state index in [9.17, 15) is 0 Å². The maximum absolute atomic E-state index is 9.09. The highest BCUT2D eigenvalue weighted by molar-refractivity contribution is 5.78. The van der Waals surface area contributed by atoms with Gasteiger partial charge in [-0.05, 0) is 24.3 Å². The van der Waals surface area contributed by atoms with Gasteiger partial charge in [-0.2, -0.15) is 5.26 Å². The first-order valence-electron chi connectivity index (χ1n) is 7.78. The second-order valence-electron chi connectivity index (χ2n) is 5.67. The molecule has 0 aliphatic heterocycles. The fourth-order valence-corrected chi connectivity index (χ4v) is 2.41. The molecule has 0 amide bonds. The fourth-order valence-electron chi connectivity index (χ4n) is 2.41. The summed E-state index contributed by atoms with van der Waals surface area (Å²) in [7, 11) is 0. The third-order valence-corrected chi connectivity index (χ3v) is 3.66. The van der Waals surface area contributed by atoms with Crippen LogP contribution in [0.25, 0.3) is 10.9 Å². The molecule has 0 radical (unpaired) electrons. The molecule has 0 fully saturated rings. The molecule has 1 heterocycles. The maximum Gasteiger partial charge on any atom is 0.221 e. The second-order valence-corrected chi connectivity index (χ2v) is 5.67. The van der Waals surface area contributed by atoms with Gasteiger partial charge < -0.3 is 9.47 Å². The number of benzene rings is 2. The van der Waals surface area contributed by atoms with E-state index in [0.29, 0.717) is 5.75 Å². The largest absolute Gasteiger partial charge is 0.462 e. The number of hydrogen-bond donors (Lipinski definition) is 0. The number of ether oxygens (including phenoxy) is 2. The zero-order valence-corrected chi connectivity index (χ0v) is 13.5. The third-order valence-electron chi connectivity index (χ3n) is 3.66. The first-order chi connectivity index (χ1) is 11.7. The van der Waals surface area contributed by atoms with Crippen LogP contribution in [0.3, 0.4) is 0 Å². The number of fused-ring (bicyclic) bond motifs is 1. The van der Waals surface area contributed by atoms with E-state index in [1.54, 1.807) is 6.92 Å². The standard InChI is InChI=1S/C20H18N2O2/c1-20(13-14-21,24-18-8-3-2-4-9-18)23-15-17-12-11-16-7-5-6-10-19(16)22-17/h2-12H,13,15H2,1H3. The van der Waals surface area contributed by atoms with Gasteiger partial charge in [-0.25, -0.2) is 0 Å². The average Bonchev–Trinajstić information content (AvgIpc) is 2.61. The molecule has 24 heavy (non-hydrogen) atoms. The zero-order valence-electron chi connectivity index (χ0n) is 13.5. The van der Waals surface area contributed by atoms with Crippen LogP contribution in [0.2, 0.25) is 0 Å². The van der Waals surface area contributed by atoms with Crippen LogP contribution in [0.5, 0.6) is 5.75 Å². The number of rotatable bonds is 6. The lowest BCUT2D eigenvalue weighted by molar-refractivity contribution is -0.175. The summed E-state index contributed by atoms with van der Waals surface area (Å²) >= 11 is 0. The van der Waals surface area contributed by atoms with Crippen molar-refractivity contribution in [2.75, 3.05) is 0 Å². The van der Waals surface area contributed by atoms with Crippen LogP contribution < -0.4 is 4.74 Å². The Labute approximate surface area is 141 Å². The predicted octanol–water partition coefficient (Wildman–Crippen LogP) is 4.46. The monoisotopic (exact) mass is 318 g/mol. The minimum absolute atomic E-state index is 0.121. The highest BCUT2D eigenvalue weighted by atomic mass is 16.7. The molecular formula is C20H18N2O2. The van der Waals surface area contributed by atoms with Gasteiger partial charge >= 0.3 is 0 Å². The Hall–Kier alpha value is -2.90. The summed E-state index contributed by atoms with van der Waals surface area (Å²) in [6, 6.07) is 23.3. The lowest BCUT2D eigenvalue weighted by Crippen LogP contribution is -2.35. The molecule has 1 aromatic heterocycles. The van der Waals surface area contributed by atoms with Crippen molar-refractivity contribution in [2.24, 2.45) is 0 Å². The summed E-state index contributed by atoms with van der Waals surface area (Å²) in [6.07, 6.45) is 0.121. The third kappa shape index (κ3) is 3.89. The molecule has 0 saturated carbocycles. The second kappa shape index (κ2) is 7.12. The van der Waals surface area contributed by atoms with Gasteiger partial charge in [-0.3, -0.25) is 4.98 Å². The van der Waals surface area contributed by atoms with Gasteiger partial charge in [-0.15, -0.1) is 0 Å². The van der Waals surface area contributed by atoms with E-state index in [2.05, 4.69) is 11.1 Å². The molecule has 3 rings (SSSR count). The molecule has 0 aliphatic carbocycles. The number of nitriles is 1. The molecule has 4 heteroatoms. The SMILES string of the molecule is CC(CC#N)(OCc1ccc2ccccc2n1)Oc1ccccc1. The predicted molar refractivity (Wildman–Crippen MR) is 92.2 cm³/mol. The van der Waals surface area contributed by atoms with Crippen LogP contribution in [0, 0.1) is 11.3 Å². The van der Waals surface area contributed by atoms with Crippen molar-refractivity contribution in [2.45, 2.75) is 25.7 Å². The molecule has 0 bridgehead atoms. The first kappa shape index (κ1) is 16.0. The number of pyridine rings is 1. The van der Waals surface area contributed by atoms with E-state index < -0.39 is 5.79 Å². The fraction of sp³-hybridized carbons (Fsp3) is 0.200. The van der Waals surface area contributed by atoms with E-state index in [1.165, 1.54) is 0 Å². The smallest absolute Gasteiger partial charge is 0.221 e. The topological polar surface area (TPSA) is 55.1 Å². The van der Waals surface area contributed by atoms with Gasteiger partial charge in [0.2, 0.25) is 5.79 Å². The number of aromatic nitrogens is 1. The summed E-state index contributed by atoms with van der Waals surface area (Å²) in [5.41, 5.74) is 1.72. The summed E-state index contributed by atoms with van der Waals surface area (Å²) < 4.78 is 11.8. The minimum Gasteiger partial charge on any atom is -0.462 e. The molecule has 2 aromatic carbocycles. The number of nitrogens with zero attached hydrogens (tertiary/aromatic N) is 2. The molecule has 0 saturated heterocycles. The Bertz CT molecular complexity index is 858. The van der Waals surface area contributed by atoms with Crippen LogP contribution in [0.4, 0.5) is 0 Å². The Morgan fingerprint density at radius 3 is 2.54 bits per heavy atom. The minimum atomic E-state index is -1.02. The zero-order chi connectivity index (χ0) is 16.8. The summed E-state index contributed by atoms with van der Waals surface area (Å²) in [4.78, 5) is 4.58. The Morgan fingerprint density at radius 2 is 1.75 bits per heavy atom. The van der Waals surface area contributed by atoms with Crippen molar-refractivity contribution in [1.82, 2.24) is 4.98 Å². The molecule has 0 aliphatic rings. The number of para-hydroxylation sites is 2. The molecule has 0 spiro atoms. The maximum atomic E-state index is 9.09. The molecule has 1 atom stereocenters. The van der Waals surface area contributed by atoms with E-state index >= 15 is 0 Å². The van der Waals surface area contributed by atoms with Crippen LogP contribution in [0.1, 0.15) is 19.0 Å². The van der Waals surface area contributed by atoms with Crippen molar-refractivity contribution in [3.05, 3.63) is 72.4 Å². The quantitative estimate of drug-likeness (QED) is 0.630. The Kier molecular flexibility index (Phi) is 4.74. The molecule has 120 valence electrons. The normalized spacial score (nSPS) is 13.2. The van der Waals surface area contributed by atoms with Gasteiger partial charge in [0.1, 0.15) is 12.2 Å². The van der Waals surface area contributed by atoms with Gasteiger partial charge in [0.05, 0.1) is 23.9 Å². The van der Waals surface area contributed by atoms with Gasteiger partial charge in [0.25, 0.3) is 0 Å². The Balaban J connectivity index is 1.74. The summed E-state index contributed by atoms with van der Waals surface area (Å²) in [6.45, 7) is 2.04. The summed E-state index contributed by atoms with van der Waals surface area (Å²) in [5.74, 6) is -0.356. The average molecular weight is 318 g/mol. The van der Waals surface area contributed by atoms with Crippen molar-refractivity contribution in [3.63, 3.8) is 0 Å². The van der Waals surface area contributed by atoms with Crippen molar-refractivity contribution >= 4 is 10.9 Å². The lowest BCUT2D eigenvalue weighted by Gasteiger charge is -2.28. The molecular weight excluding hydrogens is 300 g/mol.